The first-order chi connectivity index (χ1) is 11.6. The first kappa shape index (κ1) is 17.2. The second kappa shape index (κ2) is 7.96. The van der Waals surface area contributed by atoms with Crippen molar-refractivity contribution in [2.45, 2.75) is 10.9 Å². The number of hydrogen-bond donors (Lipinski definition) is 1. The maximum atomic E-state index is 9.74. The number of halogens is 2. The van der Waals surface area contributed by atoms with Crippen LogP contribution in [0.5, 0.6) is 5.75 Å². The zero-order valence-corrected chi connectivity index (χ0v) is 16.3. The van der Waals surface area contributed by atoms with Gasteiger partial charge < -0.3 is 5.11 Å². The molecule has 0 atom stereocenters. The third kappa shape index (κ3) is 4.25. The predicted molar refractivity (Wildman–Crippen MR) is 103 cm³/mol. The summed E-state index contributed by atoms with van der Waals surface area (Å²) >= 11 is 8.17. The highest BCUT2D eigenvalue weighted by atomic mass is 79.9. The lowest BCUT2D eigenvalue weighted by Crippen LogP contribution is -1.93. The molecule has 1 aromatic heterocycles. The Morgan fingerprint density at radius 2 is 1.88 bits per heavy atom. The summed E-state index contributed by atoms with van der Waals surface area (Å²) < 4.78 is 2.82. The highest BCUT2D eigenvalue weighted by Crippen LogP contribution is 2.32. The molecule has 0 aliphatic carbocycles. The van der Waals surface area contributed by atoms with Crippen molar-refractivity contribution in [3.05, 3.63) is 68.9 Å². The largest absolute Gasteiger partial charge is 0.506 e. The van der Waals surface area contributed by atoms with Crippen LogP contribution in [0.1, 0.15) is 11.1 Å². The number of aromatic hydroxyl groups is 1. The molecule has 2 aromatic carbocycles. The number of benzene rings is 2. The van der Waals surface area contributed by atoms with E-state index in [0.717, 1.165) is 11.3 Å². The topological polar surface area (TPSA) is 63.3 Å². The van der Waals surface area contributed by atoms with Crippen molar-refractivity contribution in [3.8, 4) is 5.75 Å². The average Bonchev–Trinajstić information content (AvgIpc) is 3.04. The van der Waals surface area contributed by atoms with Crippen molar-refractivity contribution in [2.24, 2.45) is 5.10 Å². The lowest BCUT2D eigenvalue weighted by Gasteiger charge is -2.03. The lowest BCUT2D eigenvalue weighted by atomic mass is 10.2. The molecule has 1 N–H and O–H groups in total. The third-order valence-electron chi connectivity index (χ3n) is 3.08. The van der Waals surface area contributed by atoms with Crippen LogP contribution in [0.3, 0.4) is 0 Å². The molecule has 0 saturated carbocycles. The van der Waals surface area contributed by atoms with Gasteiger partial charge in [-0.15, -0.1) is 10.2 Å². The van der Waals surface area contributed by atoms with Crippen LogP contribution >= 0.6 is 43.6 Å². The molecular weight excluding hydrogens is 456 g/mol. The van der Waals surface area contributed by atoms with Gasteiger partial charge in [0.15, 0.2) is 0 Å². The van der Waals surface area contributed by atoms with Crippen LogP contribution in [0, 0.1) is 0 Å². The van der Waals surface area contributed by atoms with Gasteiger partial charge in [0.25, 0.3) is 0 Å². The minimum atomic E-state index is 0.163. The first-order valence-electron chi connectivity index (χ1n) is 6.92. The van der Waals surface area contributed by atoms with Crippen molar-refractivity contribution in [1.29, 1.82) is 0 Å². The molecular formula is C16H12Br2N4OS. The Bertz CT molecular complexity index is 845. The fourth-order valence-electron chi connectivity index (χ4n) is 1.90. The molecule has 5 nitrogen and oxygen atoms in total. The Balaban J connectivity index is 1.73. The second-order valence-electron chi connectivity index (χ2n) is 4.81. The minimum absolute atomic E-state index is 0.163. The molecule has 1 heterocycles. The Kier molecular flexibility index (Phi) is 5.70. The van der Waals surface area contributed by atoms with Gasteiger partial charge in [-0.3, -0.25) is 0 Å². The van der Waals surface area contributed by atoms with E-state index >= 15 is 0 Å². The van der Waals surface area contributed by atoms with Crippen LogP contribution in [0.4, 0.5) is 0 Å². The van der Waals surface area contributed by atoms with E-state index in [1.165, 1.54) is 5.56 Å². The molecule has 0 bridgehead atoms. The number of phenols is 1. The lowest BCUT2D eigenvalue weighted by molar-refractivity contribution is 0.468. The van der Waals surface area contributed by atoms with E-state index in [-0.39, 0.29) is 5.75 Å². The molecule has 0 radical (unpaired) electrons. The summed E-state index contributed by atoms with van der Waals surface area (Å²) in [4.78, 5) is 0. The van der Waals surface area contributed by atoms with E-state index in [1.54, 1.807) is 41.1 Å². The second-order valence-corrected chi connectivity index (χ2v) is 7.46. The normalized spacial score (nSPS) is 11.2. The number of thioether (sulfide) groups is 1. The molecule has 0 unspecified atom stereocenters. The summed E-state index contributed by atoms with van der Waals surface area (Å²) in [6, 6.07) is 13.7. The summed E-state index contributed by atoms with van der Waals surface area (Å²) in [5.41, 5.74) is 2.05. The maximum Gasteiger partial charge on any atom is 0.212 e. The number of hydrogen-bond acceptors (Lipinski definition) is 5. The Labute approximate surface area is 160 Å². The predicted octanol–water partition coefficient (Wildman–Crippen LogP) is 4.68. The monoisotopic (exact) mass is 466 g/mol. The van der Waals surface area contributed by atoms with Gasteiger partial charge in [0, 0.05) is 5.75 Å². The summed E-state index contributed by atoms with van der Waals surface area (Å²) in [7, 11) is 0. The Morgan fingerprint density at radius 1 is 1.17 bits per heavy atom. The van der Waals surface area contributed by atoms with Crippen LogP contribution in [0.25, 0.3) is 0 Å². The van der Waals surface area contributed by atoms with Gasteiger partial charge in [0.1, 0.15) is 12.1 Å². The van der Waals surface area contributed by atoms with Gasteiger partial charge in [-0.1, -0.05) is 42.1 Å². The van der Waals surface area contributed by atoms with Crippen LogP contribution in [-0.4, -0.2) is 26.2 Å². The SMILES string of the molecule is Oc1c(Br)cc(C=Nn2cnnc2SCc2ccccc2)cc1Br. The number of aromatic nitrogens is 3. The molecule has 0 aliphatic rings. The molecule has 0 fully saturated rings. The van der Waals surface area contributed by atoms with Gasteiger partial charge in [0.2, 0.25) is 5.16 Å². The number of rotatable bonds is 5. The van der Waals surface area contributed by atoms with Gasteiger partial charge in [-0.25, -0.2) is 0 Å². The van der Waals surface area contributed by atoms with E-state index < -0.39 is 0 Å². The van der Waals surface area contributed by atoms with E-state index in [2.05, 4.69) is 59.3 Å². The molecule has 0 amide bonds. The Morgan fingerprint density at radius 3 is 2.58 bits per heavy atom. The molecule has 0 spiro atoms. The van der Waals surface area contributed by atoms with Crippen LogP contribution < -0.4 is 0 Å². The quantitative estimate of drug-likeness (QED) is 0.437. The minimum Gasteiger partial charge on any atom is -0.506 e. The van der Waals surface area contributed by atoms with Crippen molar-refractivity contribution in [1.82, 2.24) is 14.9 Å². The van der Waals surface area contributed by atoms with Crippen LogP contribution in [0.15, 0.2) is 68.0 Å². The van der Waals surface area contributed by atoms with Crippen molar-refractivity contribution >= 4 is 49.8 Å². The van der Waals surface area contributed by atoms with Gasteiger partial charge in [-0.05, 0) is 55.1 Å². The highest BCUT2D eigenvalue weighted by molar-refractivity contribution is 9.11. The van der Waals surface area contributed by atoms with Gasteiger partial charge in [-0.2, -0.15) is 9.78 Å². The zero-order valence-electron chi connectivity index (χ0n) is 12.3. The van der Waals surface area contributed by atoms with E-state index in [4.69, 9.17) is 0 Å². The standard InChI is InChI=1S/C16H12Br2N4OS/c17-13-6-12(7-14(18)15(13)23)8-20-22-10-19-21-16(22)24-9-11-4-2-1-3-5-11/h1-8,10,23H,9H2. The van der Waals surface area contributed by atoms with Crippen molar-refractivity contribution in [3.63, 3.8) is 0 Å². The first-order valence-corrected chi connectivity index (χ1v) is 9.50. The summed E-state index contributed by atoms with van der Waals surface area (Å²) in [5, 5.41) is 22.8. The summed E-state index contributed by atoms with van der Waals surface area (Å²) in [6.45, 7) is 0. The van der Waals surface area contributed by atoms with Crippen molar-refractivity contribution in [2.75, 3.05) is 0 Å². The van der Waals surface area contributed by atoms with E-state index in [0.29, 0.717) is 14.1 Å². The third-order valence-corrected chi connectivity index (χ3v) is 5.30. The van der Waals surface area contributed by atoms with Crippen molar-refractivity contribution < 1.29 is 5.11 Å². The fourth-order valence-corrected chi connectivity index (χ4v) is 3.95. The maximum absolute atomic E-state index is 9.74. The molecule has 3 rings (SSSR count). The Hall–Kier alpha value is -1.64. The average molecular weight is 468 g/mol. The van der Waals surface area contributed by atoms with E-state index in [9.17, 15) is 5.11 Å². The van der Waals surface area contributed by atoms with Crippen LogP contribution in [-0.2, 0) is 5.75 Å². The van der Waals surface area contributed by atoms with Gasteiger partial charge in [0.05, 0.1) is 15.2 Å². The molecule has 122 valence electrons. The molecule has 3 aromatic rings. The fraction of sp³-hybridized carbons (Fsp3) is 0.0625. The number of phenolic OH excluding ortho intramolecular Hbond substituents is 1. The van der Waals surface area contributed by atoms with E-state index in [1.807, 2.05) is 18.2 Å². The molecule has 8 heteroatoms. The molecule has 24 heavy (non-hydrogen) atoms. The molecule has 0 aliphatic heterocycles. The summed E-state index contributed by atoms with van der Waals surface area (Å²) in [6.07, 6.45) is 3.25. The van der Waals surface area contributed by atoms with Gasteiger partial charge >= 0.3 is 0 Å². The number of nitrogens with zero attached hydrogens (tertiary/aromatic N) is 4. The van der Waals surface area contributed by atoms with Crippen LogP contribution in [0.2, 0.25) is 0 Å². The summed E-state index contributed by atoms with van der Waals surface area (Å²) in [5.74, 6) is 0.960. The zero-order chi connectivity index (χ0) is 16.9. The highest BCUT2D eigenvalue weighted by Gasteiger charge is 2.06. The smallest absolute Gasteiger partial charge is 0.212 e. The molecule has 0 saturated heterocycles.